The molecule has 0 spiro atoms. The maximum atomic E-state index is 4.61. The van der Waals surface area contributed by atoms with Crippen molar-refractivity contribution in [1.29, 1.82) is 0 Å². The highest BCUT2D eigenvalue weighted by molar-refractivity contribution is 7.16. The van der Waals surface area contributed by atoms with Gasteiger partial charge in [-0.3, -0.25) is 4.98 Å². The first-order chi connectivity index (χ1) is 9.78. The van der Waals surface area contributed by atoms with Crippen LogP contribution in [0.1, 0.15) is 18.9 Å². The third-order valence-electron chi connectivity index (χ3n) is 2.99. The van der Waals surface area contributed by atoms with Crippen LogP contribution in [0.25, 0.3) is 16.3 Å². The highest BCUT2D eigenvalue weighted by atomic mass is 32.1. The Morgan fingerprint density at radius 2 is 2.30 bits per heavy atom. The summed E-state index contributed by atoms with van der Waals surface area (Å²) in [5.41, 5.74) is 0.927. The predicted molar refractivity (Wildman–Crippen MR) is 78.7 cm³/mol. The van der Waals surface area contributed by atoms with Crippen molar-refractivity contribution in [3.63, 3.8) is 0 Å². The van der Waals surface area contributed by atoms with E-state index in [1.165, 1.54) is 0 Å². The van der Waals surface area contributed by atoms with Crippen LogP contribution in [-0.4, -0.2) is 37.4 Å². The lowest BCUT2D eigenvalue weighted by Gasteiger charge is -2.08. The lowest BCUT2D eigenvalue weighted by Crippen LogP contribution is -2.27. The average Bonchev–Trinajstić information content (AvgIpc) is 2.99. The molecule has 0 saturated carbocycles. The first kappa shape index (κ1) is 13.1. The number of rotatable bonds is 5. The molecule has 1 unspecified atom stereocenters. The molecule has 7 heteroatoms. The molecule has 6 nitrogen and oxygen atoms in total. The molecule has 0 fully saturated rings. The van der Waals surface area contributed by atoms with E-state index in [1.807, 2.05) is 12.1 Å². The third kappa shape index (κ3) is 2.54. The standard InChI is InChI=1S/C13H16N6S/c1-3-15-9(2)7-11-18-19-12(16-17-13(19)20-11)10-5-4-6-14-8-10/h4-6,8-9,15H,3,7H2,1-2H3. The Bertz CT molecular complexity index is 689. The SMILES string of the molecule is CCNC(C)Cc1nn2c(-c3cccnc3)nnc2s1. The van der Waals surface area contributed by atoms with Gasteiger partial charge in [0.05, 0.1) is 0 Å². The summed E-state index contributed by atoms with van der Waals surface area (Å²) in [5, 5.41) is 17.4. The van der Waals surface area contributed by atoms with Gasteiger partial charge in [-0.05, 0) is 25.6 Å². The summed E-state index contributed by atoms with van der Waals surface area (Å²) in [6, 6.07) is 4.26. The van der Waals surface area contributed by atoms with Crippen LogP contribution in [0.15, 0.2) is 24.5 Å². The van der Waals surface area contributed by atoms with Crippen molar-refractivity contribution in [3.05, 3.63) is 29.5 Å². The average molecular weight is 288 g/mol. The van der Waals surface area contributed by atoms with Gasteiger partial charge >= 0.3 is 0 Å². The van der Waals surface area contributed by atoms with E-state index in [4.69, 9.17) is 0 Å². The molecule has 3 rings (SSSR count). The molecule has 3 heterocycles. The van der Waals surface area contributed by atoms with Gasteiger partial charge in [0, 0.05) is 30.4 Å². The van der Waals surface area contributed by atoms with Gasteiger partial charge in [0.1, 0.15) is 5.01 Å². The number of hydrogen-bond acceptors (Lipinski definition) is 6. The highest BCUT2D eigenvalue weighted by Crippen LogP contribution is 2.21. The first-order valence-electron chi connectivity index (χ1n) is 6.63. The van der Waals surface area contributed by atoms with E-state index in [2.05, 4.69) is 39.4 Å². The number of fused-ring (bicyclic) bond motifs is 1. The second-order valence-electron chi connectivity index (χ2n) is 4.62. The molecule has 0 aromatic carbocycles. The molecule has 0 saturated heterocycles. The van der Waals surface area contributed by atoms with Crippen molar-refractivity contribution in [2.24, 2.45) is 0 Å². The maximum absolute atomic E-state index is 4.61. The normalized spacial score (nSPS) is 12.9. The van der Waals surface area contributed by atoms with Crippen molar-refractivity contribution in [2.45, 2.75) is 26.3 Å². The second-order valence-corrected chi connectivity index (χ2v) is 5.66. The van der Waals surface area contributed by atoms with Gasteiger partial charge in [-0.15, -0.1) is 10.2 Å². The number of aromatic nitrogens is 5. The Morgan fingerprint density at radius 1 is 1.40 bits per heavy atom. The molecule has 0 bridgehead atoms. The summed E-state index contributed by atoms with van der Waals surface area (Å²) in [4.78, 5) is 4.93. The van der Waals surface area contributed by atoms with Gasteiger partial charge in [0.25, 0.3) is 0 Å². The van der Waals surface area contributed by atoms with Crippen molar-refractivity contribution in [1.82, 2.24) is 30.1 Å². The van der Waals surface area contributed by atoms with Crippen LogP contribution >= 0.6 is 11.3 Å². The fourth-order valence-corrected chi connectivity index (χ4v) is 3.06. The molecule has 0 aliphatic heterocycles. The smallest absolute Gasteiger partial charge is 0.234 e. The zero-order chi connectivity index (χ0) is 13.9. The molecule has 3 aromatic heterocycles. The Morgan fingerprint density at radius 3 is 3.05 bits per heavy atom. The highest BCUT2D eigenvalue weighted by Gasteiger charge is 2.14. The van der Waals surface area contributed by atoms with Gasteiger partial charge in [0.15, 0.2) is 5.82 Å². The number of nitrogens with one attached hydrogen (secondary N) is 1. The molecule has 1 N–H and O–H groups in total. The number of likely N-dealkylation sites (N-methyl/N-ethyl adjacent to an activating group) is 1. The summed E-state index contributed by atoms with van der Waals surface area (Å²) in [5.74, 6) is 0.742. The van der Waals surface area contributed by atoms with Gasteiger partial charge in [-0.1, -0.05) is 18.3 Å². The predicted octanol–water partition coefficient (Wildman–Crippen LogP) is 1.79. The van der Waals surface area contributed by atoms with E-state index < -0.39 is 0 Å². The van der Waals surface area contributed by atoms with Gasteiger partial charge < -0.3 is 5.32 Å². The van der Waals surface area contributed by atoms with Crippen LogP contribution in [0.3, 0.4) is 0 Å². The molecule has 0 amide bonds. The molecular weight excluding hydrogens is 272 g/mol. The molecule has 1 atom stereocenters. The van der Waals surface area contributed by atoms with E-state index in [0.717, 1.165) is 34.3 Å². The largest absolute Gasteiger partial charge is 0.314 e. The minimum Gasteiger partial charge on any atom is -0.314 e. The van der Waals surface area contributed by atoms with Gasteiger partial charge in [0.2, 0.25) is 4.96 Å². The molecule has 0 aliphatic carbocycles. The van der Waals surface area contributed by atoms with E-state index in [0.29, 0.717) is 6.04 Å². The second kappa shape index (κ2) is 5.64. The van der Waals surface area contributed by atoms with Crippen molar-refractivity contribution < 1.29 is 0 Å². The first-order valence-corrected chi connectivity index (χ1v) is 7.44. The minimum absolute atomic E-state index is 0.408. The molecular formula is C13H16N6S. The Labute approximate surface area is 120 Å². The summed E-state index contributed by atoms with van der Waals surface area (Å²) in [6.45, 7) is 5.23. The van der Waals surface area contributed by atoms with Crippen LogP contribution in [0, 0.1) is 0 Å². The van der Waals surface area contributed by atoms with E-state index >= 15 is 0 Å². The van der Waals surface area contributed by atoms with Crippen LogP contribution in [0.4, 0.5) is 0 Å². The van der Waals surface area contributed by atoms with Crippen molar-refractivity contribution in [2.75, 3.05) is 6.54 Å². The summed E-state index contributed by atoms with van der Waals surface area (Å²) in [6.07, 6.45) is 4.41. The fraction of sp³-hybridized carbons (Fsp3) is 0.385. The van der Waals surface area contributed by atoms with E-state index in [-0.39, 0.29) is 0 Å². The summed E-state index contributed by atoms with van der Waals surface area (Å²) >= 11 is 1.58. The van der Waals surface area contributed by atoms with E-state index in [9.17, 15) is 0 Å². The van der Waals surface area contributed by atoms with Crippen LogP contribution in [-0.2, 0) is 6.42 Å². The zero-order valence-electron chi connectivity index (χ0n) is 11.4. The number of nitrogens with zero attached hydrogens (tertiary/aromatic N) is 5. The number of pyridine rings is 1. The minimum atomic E-state index is 0.408. The van der Waals surface area contributed by atoms with Crippen LogP contribution < -0.4 is 5.32 Å². The van der Waals surface area contributed by atoms with Gasteiger partial charge in [-0.2, -0.15) is 9.61 Å². The van der Waals surface area contributed by atoms with Crippen molar-refractivity contribution in [3.8, 4) is 11.4 Å². The monoisotopic (exact) mass is 288 g/mol. The Balaban J connectivity index is 1.91. The molecule has 20 heavy (non-hydrogen) atoms. The summed E-state index contributed by atoms with van der Waals surface area (Å²) in [7, 11) is 0. The maximum Gasteiger partial charge on any atom is 0.234 e. The Hall–Kier alpha value is -1.86. The Kier molecular flexibility index (Phi) is 3.70. The molecule has 0 radical (unpaired) electrons. The lowest BCUT2D eigenvalue weighted by atomic mass is 10.2. The number of hydrogen-bond donors (Lipinski definition) is 1. The van der Waals surface area contributed by atoms with Gasteiger partial charge in [-0.25, -0.2) is 0 Å². The van der Waals surface area contributed by atoms with Crippen LogP contribution in [0.2, 0.25) is 0 Å². The lowest BCUT2D eigenvalue weighted by molar-refractivity contribution is 0.561. The van der Waals surface area contributed by atoms with Crippen LogP contribution in [0.5, 0.6) is 0 Å². The third-order valence-corrected chi connectivity index (χ3v) is 3.91. The quantitative estimate of drug-likeness (QED) is 0.775. The molecule has 0 aliphatic rings. The molecule has 3 aromatic rings. The van der Waals surface area contributed by atoms with E-state index in [1.54, 1.807) is 28.2 Å². The topological polar surface area (TPSA) is 68.0 Å². The molecule has 104 valence electrons. The fourth-order valence-electron chi connectivity index (χ4n) is 2.10. The zero-order valence-corrected chi connectivity index (χ0v) is 12.3. The summed E-state index contributed by atoms with van der Waals surface area (Å²) < 4.78 is 1.80. The van der Waals surface area contributed by atoms with Crippen molar-refractivity contribution >= 4 is 16.3 Å².